The van der Waals surface area contributed by atoms with Crippen molar-refractivity contribution in [2.45, 2.75) is 38.0 Å². The molecule has 6 nitrogen and oxygen atoms in total. The van der Waals surface area contributed by atoms with Crippen LogP contribution < -0.4 is 10.9 Å². The minimum Gasteiger partial charge on any atom is -0.469 e. The van der Waals surface area contributed by atoms with Gasteiger partial charge in [0.1, 0.15) is 5.92 Å². The van der Waals surface area contributed by atoms with Gasteiger partial charge in [0, 0.05) is 12.3 Å². The molecule has 21 heavy (non-hydrogen) atoms. The number of amides is 2. The van der Waals surface area contributed by atoms with E-state index in [0.717, 1.165) is 0 Å². The second-order valence-corrected chi connectivity index (χ2v) is 5.57. The van der Waals surface area contributed by atoms with Crippen LogP contribution in [0, 0.1) is 17.8 Å². The maximum atomic E-state index is 12.7. The average molecular weight is 304 g/mol. The lowest BCUT2D eigenvalue weighted by molar-refractivity contribution is -0.147. The number of methoxy groups -OCH3 is 1. The van der Waals surface area contributed by atoms with Crippen molar-refractivity contribution in [3.63, 3.8) is 0 Å². The fourth-order valence-electron chi connectivity index (χ4n) is 2.57. The molecular weight excluding hydrogens is 286 g/mol. The van der Waals surface area contributed by atoms with Crippen molar-refractivity contribution in [2.24, 2.45) is 17.8 Å². The van der Waals surface area contributed by atoms with Crippen LogP contribution in [0.1, 0.15) is 32.1 Å². The smallest absolute Gasteiger partial charge is 0.308 e. The predicted molar refractivity (Wildman–Crippen MR) is 66.8 cm³/mol. The van der Waals surface area contributed by atoms with Crippen LogP contribution in [-0.2, 0) is 19.1 Å². The van der Waals surface area contributed by atoms with Gasteiger partial charge in [0.05, 0.1) is 13.0 Å². The third kappa shape index (κ3) is 3.68. The molecule has 1 unspecified atom stereocenters. The lowest BCUT2D eigenvalue weighted by Gasteiger charge is -2.26. The second-order valence-electron chi connectivity index (χ2n) is 5.57. The van der Waals surface area contributed by atoms with Crippen LogP contribution in [0.25, 0.3) is 0 Å². The van der Waals surface area contributed by atoms with E-state index in [-0.39, 0.29) is 17.8 Å². The van der Waals surface area contributed by atoms with E-state index in [1.807, 2.05) is 5.43 Å². The van der Waals surface area contributed by atoms with Crippen molar-refractivity contribution in [1.82, 2.24) is 10.9 Å². The van der Waals surface area contributed by atoms with Gasteiger partial charge in [-0.05, 0) is 25.7 Å². The number of hydrogen-bond acceptors (Lipinski definition) is 4. The maximum Gasteiger partial charge on any atom is 0.308 e. The number of alkyl halides is 2. The Kier molecular flexibility index (Phi) is 4.43. The van der Waals surface area contributed by atoms with Crippen LogP contribution in [0.5, 0.6) is 0 Å². The number of esters is 1. The highest BCUT2D eigenvalue weighted by atomic mass is 19.3. The molecule has 2 amide bonds. The van der Waals surface area contributed by atoms with Crippen molar-refractivity contribution >= 4 is 17.8 Å². The van der Waals surface area contributed by atoms with Crippen molar-refractivity contribution in [3.05, 3.63) is 0 Å². The summed E-state index contributed by atoms with van der Waals surface area (Å²) in [4.78, 5) is 34.5. The molecule has 0 bridgehead atoms. The fraction of sp³-hybridized carbons (Fsp3) is 0.769. The van der Waals surface area contributed by atoms with Gasteiger partial charge in [0.2, 0.25) is 11.8 Å². The minimum atomic E-state index is -2.95. The summed E-state index contributed by atoms with van der Waals surface area (Å²) in [7, 11) is 1.32. The topological polar surface area (TPSA) is 84.5 Å². The summed E-state index contributed by atoms with van der Waals surface area (Å²) in [5, 5.41) is 0. The van der Waals surface area contributed by atoms with Gasteiger partial charge in [-0.15, -0.1) is 0 Å². The maximum absolute atomic E-state index is 12.7. The van der Waals surface area contributed by atoms with E-state index < -0.39 is 30.1 Å². The largest absolute Gasteiger partial charge is 0.469 e. The van der Waals surface area contributed by atoms with E-state index in [4.69, 9.17) is 0 Å². The predicted octanol–water partition coefficient (Wildman–Crippen LogP) is 0.768. The van der Waals surface area contributed by atoms with E-state index in [2.05, 4.69) is 10.2 Å². The third-order valence-electron chi connectivity index (χ3n) is 4.08. The van der Waals surface area contributed by atoms with Gasteiger partial charge in [0.15, 0.2) is 0 Å². The standard InChI is InChI=1S/C13H18F2N2O4/c1-21-12(20)8-4-2-7(3-5-8)10(18)16-17-11(19)9-6-13(9,14)15/h7-9H,2-6H2,1H3,(H,16,18)(H,17,19). The fourth-order valence-corrected chi connectivity index (χ4v) is 2.57. The minimum absolute atomic E-state index is 0.196. The zero-order valence-electron chi connectivity index (χ0n) is 11.7. The van der Waals surface area contributed by atoms with Gasteiger partial charge >= 0.3 is 5.97 Å². The Morgan fingerprint density at radius 2 is 1.48 bits per heavy atom. The van der Waals surface area contributed by atoms with E-state index in [0.29, 0.717) is 25.7 Å². The highest BCUT2D eigenvalue weighted by Gasteiger charge is 2.61. The first-order valence-corrected chi connectivity index (χ1v) is 6.90. The summed E-state index contributed by atoms with van der Waals surface area (Å²) in [6, 6.07) is 0. The highest BCUT2D eigenvalue weighted by molar-refractivity contribution is 5.86. The Morgan fingerprint density at radius 3 is 1.95 bits per heavy atom. The van der Waals surface area contributed by atoms with Crippen LogP contribution in [-0.4, -0.2) is 30.8 Å². The molecule has 0 spiro atoms. The van der Waals surface area contributed by atoms with Gasteiger partial charge in [0.25, 0.3) is 5.92 Å². The van der Waals surface area contributed by atoms with Crippen LogP contribution in [0.3, 0.4) is 0 Å². The third-order valence-corrected chi connectivity index (χ3v) is 4.08. The molecule has 1 atom stereocenters. The molecule has 0 aromatic rings. The lowest BCUT2D eigenvalue weighted by atomic mass is 9.82. The molecule has 2 saturated carbocycles. The molecule has 0 radical (unpaired) electrons. The normalized spacial score (nSPS) is 30.1. The Balaban J connectivity index is 1.70. The summed E-state index contributed by atoms with van der Waals surface area (Å²) < 4.78 is 30.0. The number of hydrazine groups is 1. The molecule has 0 saturated heterocycles. The molecule has 118 valence electrons. The molecule has 2 rings (SSSR count). The number of ether oxygens (including phenoxy) is 1. The number of hydrogen-bond donors (Lipinski definition) is 2. The van der Waals surface area contributed by atoms with E-state index in [1.54, 1.807) is 0 Å². The zero-order chi connectivity index (χ0) is 15.6. The number of carbonyl (C=O) groups is 3. The number of rotatable bonds is 3. The van der Waals surface area contributed by atoms with Gasteiger partial charge in [-0.3, -0.25) is 25.2 Å². The molecule has 2 N–H and O–H groups in total. The monoisotopic (exact) mass is 304 g/mol. The number of halogens is 2. The molecule has 0 aromatic heterocycles. The summed E-state index contributed by atoms with van der Waals surface area (Å²) in [5.41, 5.74) is 4.21. The van der Waals surface area contributed by atoms with Crippen molar-refractivity contribution in [3.8, 4) is 0 Å². The molecule has 0 aromatic carbocycles. The molecule has 0 aliphatic heterocycles. The molecule has 2 fully saturated rings. The van der Waals surface area contributed by atoms with Crippen molar-refractivity contribution in [1.29, 1.82) is 0 Å². The Labute approximate surface area is 120 Å². The van der Waals surface area contributed by atoms with Crippen LogP contribution in [0.15, 0.2) is 0 Å². The first-order valence-electron chi connectivity index (χ1n) is 6.90. The zero-order valence-corrected chi connectivity index (χ0v) is 11.7. The van der Waals surface area contributed by atoms with E-state index in [9.17, 15) is 23.2 Å². The SMILES string of the molecule is COC(=O)C1CCC(C(=O)NNC(=O)C2CC2(F)F)CC1. The first kappa shape index (κ1) is 15.7. The molecule has 2 aliphatic carbocycles. The van der Waals surface area contributed by atoms with Crippen LogP contribution >= 0.6 is 0 Å². The van der Waals surface area contributed by atoms with E-state index in [1.165, 1.54) is 7.11 Å². The van der Waals surface area contributed by atoms with Gasteiger partial charge in [-0.1, -0.05) is 0 Å². The summed E-state index contributed by atoms with van der Waals surface area (Å²) in [6.45, 7) is 0. The number of carbonyl (C=O) groups excluding carboxylic acids is 3. The Hall–Kier alpha value is -1.73. The highest BCUT2D eigenvalue weighted by Crippen LogP contribution is 2.48. The molecule has 8 heteroatoms. The Morgan fingerprint density at radius 1 is 1.00 bits per heavy atom. The quantitative estimate of drug-likeness (QED) is 0.596. The van der Waals surface area contributed by atoms with Gasteiger partial charge < -0.3 is 4.74 Å². The van der Waals surface area contributed by atoms with Gasteiger partial charge in [-0.2, -0.15) is 0 Å². The van der Waals surface area contributed by atoms with Crippen molar-refractivity contribution in [2.75, 3.05) is 7.11 Å². The molecule has 2 aliphatic rings. The van der Waals surface area contributed by atoms with E-state index >= 15 is 0 Å². The molecule has 0 heterocycles. The first-order chi connectivity index (χ1) is 9.85. The van der Waals surface area contributed by atoms with Crippen LogP contribution in [0.4, 0.5) is 8.78 Å². The van der Waals surface area contributed by atoms with Crippen LogP contribution in [0.2, 0.25) is 0 Å². The second kappa shape index (κ2) is 5.95. The summed E-state index contributed by atoms with van der Waals surface area (Å²) >= 11 is 0. The number of nitrogens with one attached hydrogen (secondary N) is 2. The molecular formula is C13H18F2N2O4. The lowest BCUT2D eigenvalue weighted by Crippen LogP contribution is -2.46. The summed E-state index contributed by atoms with van der Waals surface area (Å²) in [6.07, 6.45) is 1.61. The summed E-state index contributed by atoms with van der Waals surface area (Å²) in [5.74, 6) is -6.36. The average Bonchev–Trinajstić information content (AvgIpc) is 3.12. The Bertz CT molecular complexity index is 447. The van der Waals surface area contributed by atoms with Gasteiger partial charge in [-0.25, -0.2) is 8.78 Å². The van der Waals surface area contributed by atoms with Crippen molar-refractivity contribution < 1.29 is 27.9 Å².